The minimum Gasteiger partial charge on any atom is -0.468 e. The smallest absolute Gasteiger partial charge is 0.243 e. The first-order valence-electron chi connectivity index (χ1n) is 7.09. The number of carbonyl (C=O) groups is 1. The third-order valence-electron chi connectivity index (χ3n) is 2.99. The van der Waals surface area contributed by atoms with Gasteiger partial charge >= 0.3 is 0 Å². The molecule has 23 heavy (non-hydrogen) atoms. The number of hydrogen-bond acceptors (Lipinski definition) is 4. The van der Waals surface area contributed by atoms with Crippen molar-refractivity contribution in [2.24, 2.45) is 0 Å². The Morgan fingerprint density at radius 1 is 1.22 bits per heavy atom. The van der Waals surface area contributed by atoms with Gasteiger partial charge in [0.1, 0.15) is 5.76 Å². The van der Waals surface area contributed by atoms with Crippen LogP contribution in [-0.2, 0) is 21.4 Å². The summed E-state index contributed by atoms with van der Waals surface area (Å²) < 4.78 is 31.9. The van der Waals surface area contributed by atoms with Gasteiger partial charge in [-0.3, -0.25) is 4.79 Å². The van der Waals surface area contributed by atoms with Crippen LogP contribution in [0.1, 0.15) is 18.2 Å². The summed E-state index contributed by atoms with van der Waals surface area (Å²) in [5, 5.41) is 2.64. The van der Waals surface area contributed by atoms with E-state index in [1.54, 1.807) is 30.3 Å². The molecule has 2 rings (SSSR count). The predicted molar refractivity (Wildman–Crippen MR) is 86.9 cm³/mol. The number of sulfonamides is 1. The molecule has 7 heteroatoms. The molecule has 0 radical (unpaired) electrons. The molecular formula is C16H18N2O4S. The van der Waals surface area contributed by atoms with Crippen LogP contribution in [0.5, 0.6) is 0 Å². The second-order valence-corrected chi connectivity index (χ2v) is 6.47. The topological polar surface area (TPSA) is 88.4 Å². The first kappa shape index (κ1) is 17.0. The Bertz CT molecular complexity index is 763. The van der Waals surface area contributed by atoms with Crippen molar-refractivity contribution in [3.63, 3.8) is 0 Å². The maximum atomic E-state index is 12.2. The fraction of sp³-hybridized carbons (Fsp3) is 0.188. The molecule has 0 atom stereocenters. The maximum Gasteiger partial charge on any atom is 0.243 e. The molecule has 0 bridgehead atoms. The molecule has 2 N–H and O–H groups in total. The summed E-state index contributed by atoms with van der Waals surface area (Å²) in [6, 6.07) is 9.63. The van der Waals surface area contributed by atoms with Gasteiger partial charge in [-0.15, -0.1) is 0 Å². The Balaban J connectivity index is 2.01. The fourth-order valence-electron chi connectivity index (χ4n) is 1.83. The van der Waals surface area contributed by atoms with Crippen molar-refractivity contribution in [1.29, 1.82) is 0 Å². The SMILES string of the molecule is CCNC(=O)C=Cc1ccc(S(=O)(=O)NCc2ccco2)cc1. The first-order chi connectivity index (χ1) is 11.0. The molecule has 0 aliphatic rings. The van der Waals surface area contributed by atoms with Gasteiger partial charge in [0, 0.05) is 12.6 Å². The van der Waals surface area contributed by atoms with E-state index in [0.717, 1.165) is 5.56 Å². The molecule has 0 unspecified atom stereocenters. The molecule has 1 aromatic carbocycles. The molecule has 1 heterocycles. The predicted octanol–water partition coefficient (Wildman–Crippen LogP) is 1.91. The van der Waals surface area contributed by atoms with E-state index in [1.807, 2.05) is 6.92 Å². The van der Waals surface area contributed by atoms with E-state index in [-0.39, 0.29) is 17.3 Å². The number of hydrogen-bond donors (Lipinski definition) is 2. The summed E-state index contributed by atoms with van der Waals surface area (Å²) >= 11 is 0. The van der Waals surface area contributed by atoms with Gasteiger partial charge in [0.05, 0.1) is 17.7 Å². The molecule has 0 saturated carbocycles. The summed E-state index contributed by atoms with van der Waals surface area (Å²) in [6.07, 6.45) is 4.51. The molecule has 0 aliphatic heterocycles. The molecule has 0 spiro atoms. The second-order valence-electron chi connectivity index (χ2n) is 4.70. The van der Waals surface area contributed by atoms with Crippen LogP contribution in [0.2, 0.25) is 0 Å². The van der Waals surface area contributed by atoms with E-state index in [2.05, 4.69) is 10.0 Å². The fourth-order valence-corrected chi connectivity index (χ4v) is 2.82. The molecular weight excluding hydrogens is 316 g/mol. The van der Waals surface area contributed by atoms with Crippen LogP contribution in [0.3, 0.4) is 0 Å². The molecule has 1 amide bonds. The molecule has 0 fully saturated rings. The largest absolute Gasteiger partial charge is 0.468 e. The summed E-state index contributed by atoms with van der Waals surface area (Å²) in [5.74, 6) is 0.347. The minimum atomic E-state index is -3.61. The average molecular weight is 334 g/mol. The second kappa shape index (κ2) is 7.75. The van der Waals surface area contributed by atoms with E-state index in [9.17, 15) is 13.2 Å². The van der Waals surface area contributed by atoms with Crippen LogP contribution in [0, 0.1) is 0 Å². The number of benzene rings is 1. The number of nitrogens with one attached hydrogen (secondary N) is 2. The van der Waals surface area contributed by atoms with Crippen molar-refractivity contribution >= 4 is 22.0 Å². The van der Waals surface area contributed by atoms with E-state index >= 15 is 0 Å². The minimum absolute atomic E-state index is 0.0914. The Morgan fingerprint density at radius 3 is 2.57 bits per heavy atom. The Kier molecular flexibility index (Phi) is 5.72. The van der Waals surface area contributed by atoms with Gasteiger partial charge in [-0.1, -0.05) is 12.1 Å². The highest BCUT2D eigenvalue weighted by Gasteiger charge is 2.13. The molecule has 0 aliphatic carbocycles. The van der Waals surface area contributed by atoms with Gasteiger partial charge in [-0.05, 0) is 42.8 Å². The number of carbonyl (C=O) groups excluding carboxylic acids is 1. The van der Waals surface area contributed by atoms with E-state index in [0.29, 0.717) is 12.3 Å². The Hall–Kier alpha value is -2.38. The van der Waals surface area contributed by atoms with Crippen LogP contribution in [0.25, 0.3) is 6.08 Å². The van der Waals surface area contributed by atoms with Crippen LogP contribution in [-0.4, -0.2) is 20.9 Å². The van der Waals surface area contributed by atoms with E-state index in [1.165, 1.54) is 24.5 Å². The highest BCUT2D eigenvalue weighted by molar-refractivity contribution is 7.89. The van der Waals surface area contributed by atoms with Crippen molar-refractivity contribution in [2.45, 2.75) is 18.4 Å². The van der Waals surface area contributed by atoms with Crippen LogP contribution in [0.4, 0.5) is 0 Å². The number of rotatable bonds is 7. The monoisotopic (exact) mass is 334 g/mol. The summed E-state index contributed by atoms with van der Waals surface area (Å²) in [4.78, 5) is 11.5. The lowest BCUT2D eigenvalue weighted by Gasteiger charge is -2.05. The average Bonchev–Trinajstić information content (AvgIpc) is 3.05. The van der Waals surface area contributed by atoms with Crippen molar-refractivity contribution in [3.05, 3.63) is 60.1 Å². The maximum absolute atomic E-state index is 12.2. The molecule has 1 aromatic heterocycles. The number of likely N-dealkylation sites (N-methyl/N-ethyl adjacent to an activating group) is 1. The summed E-state index contributed by atoms with van der Waals surface area (Å²) in [7, 11) is -3.61. The highest BCUT2D eigenvalue weighted by atomic mass is 32.2. The van der Waals surface area contributed by atoms with Gasteiger partial charge in [-0.2, -0.15) is 0 Å². The lowest BCUT2D eigenvalue weighted by molar-refractivity contribution is -0.116. The van der Waals surface area contributed by atoms with Crippen molar-refractivity contribution in [2.75, 3.05) is 6.54 Å². The zero-order chi connectivity index (χ0) is 16.7. The Labute approximate surface area is 135 Å². The van der Waals surface area contributed by atoms with Gasteiger partial charge in [-0.25, -0.2) is 13.1 Å². The quantitative estimate of drug-likeness (QED) is 0.757. The van der Waals surface area contributed by atoms with Crippen LogP contribution < -0.4 is 10.0 Å². The third kappa shape index (κ3) is 5.08. The standard InChI is InChI=1S/C16H18N2O4S/c1-2-17-16(19)10-7-13-5-8-15(9-6-13)23(20,21)18-12-14-4-3-11-22-14/h3-11,18H,2,12H2,1H3,(H,17,19). The molecule has 0 saturated heterocycles. The van der Waals surface area contributed by atoms with Gasteiger partial charge in [0.15, 0.2) is 0 Å². The summed E-state index contributed by atoms with van der Waals surface area (Å²) in [5.41, 5.74) is 0.737. The Morgan fingerprint density at radius 2 is 1.96 bits per heavy atom. The van der Waals surface area contributed by atoms with Gasteiger partial charge in [0.25, 0.3) is 0 Å². The van der Waals surface area contributed by atoms with Crippen molar-refractivity contribution in [1.82, 2.24) is 10.0 Å². The van der Waals surface area contributed by atoms with Gasteiger partial charge in [0.2, 0.25) is 15.9 Å². The van der Waals surface area contributed by atoms with Gasteiger partial charge < -0.3 is 9.73 Å². The number of furan rings is 1. The third-order valence-corrected chi connectivity index (χ3v) is 4.40. The molecule has 6 nitrogen and oxygen atoms in total. The molecule has 122 valence electrons. The lowest BCUT2D eigenvalue weighted by Crippen LogP contribution is -2.22. The zero-order valence-electron chi connectivity index (χ0n) is 12.7. The summed E-state index contributed by atoms with van der Waals surface area (Å²) in [6.45, 7) is 2.48. The first-order valence-corrected chi connectivity index (χ1v) is 8.57. The van der Waals surface area contributed by atoms with Crippen LogP contribution in [0.15, 0.2) is 58.1 Å². The van der Waals surface area contributed by atoms with Crippen molar-refractivity contribution in [3.8, 4) is 0 Å². The lowest BCUT2D eigenvalue weighted by atomic mass is 10.2. The molecule has 2 aromatic rings. The normalized spacial score (nSPS) is 11.7. The van der Waals surface area contributed by atoms with Crippen molar-refractivity contribution < 1.29 is 17.6 Å². The zero-order valence-corrected chi connectivity index (χ0v) is 13.5. The van der Waals surface area contributed by atoms with E-state index in [4.69, 9.17) is 4.42 Å². The van der Waals surface area contributed by atoms with Crippen LogP contribution >= 0.6 is 0 Å². The van der Waals surface area contributed by atoms with E-state index < -0.39 is 10.0 Å². The highest BCUT2D eigenvalue weighted by Crippen LogP contribution is 2.12. The number of amides is 1.